The molecule has 0 amide bonds. The van der Waals surface area contributed by atoms with Gasteiger partial charge in [0.1, 0.15) is 0 Å². The smallest absolute Gasteiger partial charge is 0.0617 e. The van der Waals surface area contributed by atoms with E-state index in [9.17, 15) is 0 Å². The maximum Gasteiger partial charge on any atom is 0.0617 e. The topological polar surface area (TPSA) is 9.23 Å². The van der Waals surface area contributed by atoms with Crippen LogP contribution in [0.3, 0.4) is 0 Å². The van der Waals surface area contributed by atoms with Gasteiger partial charge in [-0.15, -0.1) is 11.8 Å². The molecule has 23 heavy (non-hydrogen) atoms. The molecule has 0 aliphatic heterocycles. The average Bonchev–Trinajstić information content (AvgIpc) is 3.32. The van der Waals surface area contributed by atoms with Gasteiger partial charge in [-0.3, -0.25) is 0 Å². The van der Waals surface area contributed by atoms with Crippen molar-refractivity contribution in [2.45, 2.75) is 110 Å². The summed E-state index contributed by atoms with van der Waals surface area (Å²) in [5.41, 5.74) is 0. The molecule has 0 spiro atoms. The lowest BCUT2D eigenvalue weighted by Crippen LogP contribution is -2.04. The lowest BCUT2D eigenvalue weighted by atomic mass is 10.1. The molecule has 1 nitrogen and oxygen atoms in total. The second-order valence-corrected chi connectivity index (χ2v) is 7.54. The quantitative estimate of drug-likeness (QED) is 0.190. The van der Waals surface area contributed by atoms with E-state index >= 15 is 0 Å². The van der Waals surface area contributed by atoms with E-state index in [1.165, 1.54) is 64.2 Å². The lowest BCUT2D eigenvalue weighted by Gasteiger charge is -2.09. The molecule has 0 aromatic rings. The lowest BCUT2D eigenvalue weighted by molar-refractivity contribution is 0.224. The first kappa shape index (κ1) is 21.0. The van der Waals surface area contributed by atoms with Crippen molar-refractivity contribution < 1.29 is 4.52 Å². The van der Waals surface area contributed by atoms with Crippen LogP contribution in [-0.4, -0.2) is 6.10 Å². The van der Waals surface area contributed by atoms with Crippen LogP contribution >= 0.6 is 9.47 Å². The molecule has 4 atom stereocenters. The zero-order chi connectivity index (χ0) is 16.8. The number of hydrogen-bond acceptors (Lipinski definition) is 1. The van der Waals surface area contributed by atoms with Crippen molar-refractivity contribution in [2.75, 3.05) is 0 Å². The predicted octanol–water partition coefficient (Wildman–Crippen LogP) is 6.91. The number of unbranched alkanes of at least 4 members (excludes halogenated alkanes) is 6. The first-order valence-electron chi connectivity index (χ1n) is 10.1. The summed E-state index contributed by atoms with van der Waals surface area (Å²) >= 11 is 0. The molecule has 0 aromatic heterocycles. The number of rotatable bonds is 14. The number of hydrogen-bond donors (Lipinski definition) is 0. The van der Waals surface area contributed by atoms with Gasteiger partial charge in [-0.25, -0.2) is 0 Å². The van der Waals surface area contributed by atoms with Gasteiger partial charge < -0.3 is 4.52 Å². The van der Waals surface area contributed by atoms with Crippen LogP contribution in [0.5, 0.6) is 0 Å². The molecule has 0 heterocycles. The van der Waals surface area contributed by atoms with E-state index in [2.05, 4.69) is 35.2 Å². The van der Waals surface area contributed by atoms with Gasteiger partial charge in [0, 0.05) is 22.3 Å². The molecule has 1 aliphatic rings. The molecular weight excluding hydrogens is 299 g/mol. The fourth-order valence-corrected chi connectivity index (χ4v) is 3.74. The summed E-state index contributed by atoms with van der Waals surface area (Å²) < 4.78 is 5.28. The Morgan fingerprint density at radius 3 is 2.26 bits per heavy atom. The van der Waals surface area contributed by atoms with E-state index in [1.54, 1.807) is 0 Å². The van der Waals surface area contributed by atoms with Gasteiger partial charge in [0.2, 0.25) is 0 Å². The van der Waals surface area contributed by atoms with Crippen molar-refractivity contribution in [1.29, 1.82) is 0 Å². The zero-order valence-corrected chi connectivity index (χ0v) is 16.8. The van der Waals surface area contributed by atoms with Crippen molar-refractivity contribution in [3.63, 3.8) is 0 Å². The standard InChI is InChI=1S/C21H39OP/c1-3-5-15-19-18-20(19)16-13-11-9-7-6-8-10-12-14-17-21(4-2)22-23/h19-21H,3-9,11,13-18,23H2,1-2H3. The summed E-state index contributed by atoms with van der Waals surface area (Å²) in [4.78, 5) is 0. The van der Waals surface area contributed by atoms with E-state index in [0.717, 1.165) is 37.5 Å². The second-order valence-electron chi connectivity index (χ2n) is 7.26. The molecule has 0 N–H and O–H groups in total. The fraction of sp³-hybridized carbons (Fsp3) is 0.905. The minimum Gasteiger partial charge on any atom is -0.362 e. The second kappa shape index (κ2) is 14.3. The minimum atomic E-state index is 0.363. The summed E-state index contributed by atoms with van der Waals surface area (Å²) in [5, 5.41) is 0. The molecule has 4 unspecified atom stereocenters. The molecule has 0 aromatic carbocycles. The van der Waals surface area contributed by atoms with E-state index in [0.29, 0.717) is 6.10 Å². The van der Waals surface area contributed by atoms with Crippen molar-refractivity contribution in [3.8, 4) is 11.8 Å². The third-order valence-electron chi connectivity index (χ3n) is 5.24. The van der Waals surface area contributed by atoms with Gasteiger partial charge in [0.05, 0.1) is 6.10 Å². The molecule has 0 bridgehead atoms. The third kappa shape index (κ3) is 11.2. The Balaban J connectivity index is 1.80. The van der Waals surface area contributed by atoms with Crippen LogP contribution in [0.15, 0.2) is 0 Å². The van der Waals surface area contributed by atoms with Crippen LogP contribution < -0.4 is 0 Å². The maximum absolute atomic E-state index is 5.28. The van der Waals surface area contributed by atoms with Crippen LogP contribution in [0.4, 0.5) is 0 Å². The fourth-order valence-electron chi connectivity index (χ4n) is 3.41. The van der Waals surface area contributed by atoms with Gasteiger partial charge in [-0.2, -0.15) is 0 Å². The van der Waals surface area contributed by atoms with Gasteiger partial charge in [0.25, 0.3) is 0 Å². The zero-order valence-electron chi connectivity index (χ0n) is 15.6. The predicted molar refractivity (Wildman–Crippen MR) is 105 cm³/mol. The molecule has 1 saturated carbocycles. The highest BCUT2D eigenvalue weighted by atomic mass is 31.0. The first-order valence-corrected chi connectivity index (χ1v) is 10.6. The van der Waals surface area contributed by atoms with Crippen LogP contribution in [0, 0.1) is 23.7 Å². The van der Waals surface area contributed by atoms with Crippen molar-refractivity contribution in [3.05, 3.63) is 0 Å². The molecule has 1 fully saturated rings. The monoisotopic (exact) mass is 338 g/mol. The minimum absolute atomic E-state index is 0.363. The highest BCUT2D eigenvalue weighted by Gasteiger charge is 2.34. The third-order valence-corrected chi connectivity index (χ3v) is 5.62. The summed E-state index contributed by atoms with van der Waals surface area (Å²) in [6.45, 7) is 4.47. The molecular formula is C21H39OP. The molecule has 134 valence electrons. The van der Waals surface area contributed by atoms with E-state index in [1.807, 2.05) is 0 Å². The van der Waals surface area contributed by atoms with Gasteiger partial charge in [0.15, 0.2) is 0 Å². The van der Waals surface area contributed by atoms with Gasteiger partial charge in [-0.1, -0.05) is 65.2 Å². The van der Waals surface area contributed by atoms with Gasteiger partial charge in [-0.05, 0) is 37.5 Å². The normalized spacial score (nSPS) is 20.8. The van der Waals surface area contributed by atoms with Crippen LogP contribution in [0.25, 0.3) is 0 Å². The maximum atomic E-state index is 5.28. The molecule has 1 rings (SSSR count). The molecule has 2 heteroatoms. The van der Waals surface area contributed by atoms with Crippen LogP contribution in [-0.2, 0) is 4.52 Å². The van der Waals surface area contributed by atoms with Crippen molar-refractivity contribution in [1.82, 2.24) is 0 Å². The van der Waals surface area contributed by atoms with Gasteiger partial charge >= 0.3 is 0 Å². The average molecular weight is 339 g/mol. The highest BCUT2D eigenvalue weighted by molar-refractivity contribution is 7.09. The van der Waals surface area contributed by atoms with E-state index in [-0.39, 0.29) is 0 Å². The van der Waals surface area contributed by atoms with E-state index in [4.69, 9.17) is 4.52 Å². The summed E-state index contributed by atoms with van der Waals surface area (Å²) in [7, 11) is 2.37. The van der Waals surface area contributed by atoms with Crippen molar-refractivity contribution in [2.24, 2.45) is 11.8 Å². The SMILES string of the molecule is CCCCC1CC1CCCCCCCC#CCCC(CC)OP. The Labute approximate surface area is 148 Å². The summed E-state index contributed by atoms with van der Waals surface area (Å²) in [5.74, 6) is 8.82. The highest BCUT2D eigenvalue weighted by Crippen LogP contribution is 2.45. The Morgan fingerprint density at radius 2 is 1.57 bits per heavy atom. The Kier molecular flexibility index (Phi) is 13.1. The largest absolute Gasteiger partial charge is 0.362 e. The van der Waals surface area contributed by atoms with E-state index < -0.39 is 0 Å². The molecule has 0 radical (unpaired) electrons. The van der Waals surface area contributed by atoms with Crippen molar-refractivity contribution >= 4 is 9.47 Å². The molecule has 1 aliphatic carbocycles. The summed E-state index contributed by atoms with van der Waals surface area (Å²) in [6, 6.07) is 0. The Hall–Kier alpha value is -0.0500. The summed E-state index contributed by atoms with van der Waals surface area (Å²) in [6.07, 6.45) is 18.9. The van der Waals surface area contributed by atoms with Crippen LogP contribution in [0.1, 0.15) is 104 Å². The Morgan fingerprint density at radius 1 is 0.913 bits per heavy atom. The molecule has 0 saturated heterocycles. The van der Waals surface area contributed by atoms with Crippen LogP contribution in [0.2, 0.25) is 0 Å². The Bertz CT molecular complexity index is 326. The first-order chi connectivity index (χ1) is 11.3.